The van der Waals surface area contributed by atoms with Gasteiger partial charge in [-0.15, -0.1) is 0 Å². The Balaban J connectivity index is 2.04. The first-order chi connectivity index (χ1) is 9.58. The number of halogens is 1. The van der Waals surface area contributed by atoms with Crippen LogP contribution in [0.3, 0.4) is 0 Å². The molecule has 0 radical (unpaired) electrons. The molecule has 0 unspecified atom stereocenters. The number of nitrogens with one attached hydrogen (secondary N) is 2. The summed E-state index contributed by atoms with van der Waals surface area (Å²) in [4.78, 5) is 11.5. The zero-order valence-corrected chi connectivity index (χ0v) is 13.7. The maximum absolute atomic E-state index is 11.5. The van der Waals surface area contributed by atoms with Crippen LogP contribution >= 0.6 is 15.9 Å². The Hall–Kier alpha value is -1.07. The molecule has 0 aliphatic carbocycles. The summed E-state index contributed by atoms with van der Waals surface area (Å²) in [5, 5.41) is 5.66. The highest BCUT2D eigenvalue weighted by Crippen LogP contribution is 2.10. The molecular weight excluding hydrogens is 320 g/mol. The van der Waals surface area contributed by atoms with Crippen molar-refractivity contribution >= 4 is 22.0 Å². The van der Waals surface area contributed by atoms with Crippen molar-refractivity contribution in [2.75, 3.05) is 19.7 Å². The molecule has 2 N–H and O–H groups in total. The molecule has 20 heavy (non-hydrogen) atoms. The molecule has 0 aliphatic rings. The summed E-state index contributed by atoms with van der Waals surface area (Å²) in [6, 6.07) is 7.99. The molecule has 0 bridgehead atoms. The molecular formula is C15H23BrN2O2. The van der Waals surface area contributed by atoms with Crippen LogP contribution in [-0.2, 0) is 11.2 Å². The number of carbonyl (C=O) groups is 1. The number of hydrogen-bond donors (Lipinski definition) is 2. The third kappa shape index (κ3) is 8.17. The van der Waals surface area contributed by atoms with Crippen molar-refractivity contribution in [2.45, 2.75) is 32.8 Å². The molecule has 5 heteroatoms. The monoisotopic (exact) mass is 342 g/mol. The second-order valence-electron chi connectivity index (χ2n) is 4.83. The first-order valence-electron chi connectivity index (χ1n) is 6.95. The normalized spacial score (nSPS) is 10.6. The smallest absolute Gasteiger partial charge is 0.314 e. The number of carbonyl (C=O) groups excluding carboxylic acids is 1. The number of amides is 2. The standard InChI is InChI=1S/C15H23BrN2O2/c1-12(2)20-11-3-9-17-15(19)18-10-8-13-4-6-14(16)7-5-13/h4-7,12H,3,8-11H2,1-2H3,(H2,17,18,19). The fourth-order valence-electron chi connectivity index (χ4n) is 1.63. The van der Waals surface area contributed by atoms with Crippen LogP contribution in [0, 0.1) is 0 Å². The van der Waals surface area contributed by atoms with Gasteiger partial charge in [0.05, 0.1) is 6.10 Å². The summed E-state index contributed by atoms with van der Waals surface area (Å²) in [6.45, 7) is 5.95. The van der Waals surface area contributed by atoms with Crippen LogP contribution in [-0.4, -0.2) is 31.8 Å². The van der Waals surface area contributed by atoms with Crippen molar-refractivity contribution in [1.29, 1.82) is 0 Å². The molecule has 0 fully saturated rings. The van der Waals surface area contributed by atoms with Crippen LogP contribution in [0.15, 0.2) is 28.7 Å². The van der Waals surface area contributed by atoms with Gasteiger partial charge in [-0.05, 0) is 44.4 Å². The van der Waals surface area contributed by atoms with Gasteiger partial charge in [-0.2, -0.15) is 0 Å². The average molecular weight is 343 g/mol. The van der Waals surface area contributed by atoms with E-state index >= 15 is 0 Å². The molecule has 112 valence electrons. The summed E-state index contributed by atoms with van der Waals surface area (Å²) >= 11 is 3.40. The van der Waals surface area contributed by atoms with E-state index in [1.807, 2.05) is 38.1 Å². The van der Waals surface area contributed by atoms with E-state index in [4.69, 9.17) is 4.74 Å². The molecule has 4 nitrogen and oxygen atoms in total. The van der Waals surface area contributed by atoms with Gasteiger partial charge < -0.3 is 15.4 Å². The fourth-order valence-corrected chi connectivity index (χ4v) is 1.89. The molecule has 0 saturated heterocycles. The number of benzene rings is 1. The van der Waals surface area contributed by atoms with Gasteiger partial charge in [-0.1, -0.05) is 28.1 Å². The largest absolute Gasteiger partial charge is 0.379 e. The van der Waals surface area contributed by atoms with E-state index in [0.717, 1.165) is 17.3 Å². The summed E-state index contributed by atoms with van der Waals surface area (Å²) in [5.74, 6) is 0. The Morgan fingerprint density at radius 2 is 1.85 bits per heavy atom. The topological polar surface area (TPSA) is 50.4 Å². The Morgan fingerprint density at radius 3 is 2.50 bits per heavy atom. The Labute approximate surface area is 129 Å². The van der Waals surface area contributed by atoms with Gasteiger partial charge in [-0.25, -0.2) is 4.79 Å². The first-order valence-corrected chi connectivity index (χ1v) is 7.75. The van der Waals surface area contributed by atoms with Gasteiger partial charge in [-0.3, -0.25) is 0 Å². The van der Waals surface area contributed by atoms with Gasteiger partial charge in [0.1, 0.15) is 0 Å². The first kappa shape index (κ1) is 17.0. The SMILES string of the molecule is CC(C)OCCCNC(=O)NCCc1ccc(Br)cc1. The number of ether oxygens (including phenoxy) is 1. The third-order valence-corrected chi connectivity index (χ3v) is 3.20. The molecule has 1 aromatic carbocycles. The number of hydrogen-bond acceptors (Lipinski definition) is 2. The lowest BCUT2D eigenvalue weighted by molar-refractivity contribution is 0.0774. The average Bonchev–Trinajstić information content (AvgIpc) is 2.40. The van der Waals surface area contributed by atoms with Crippen molar-refractivity contribution in [3.8, 4) is 0 Å². The van der Waals surface area contributed by atoms with Gasteiger partial charge in [0.2, 0.25) is 0 Å². The lowest BCUT2D eigenvalue weighted by atomic mass is 10.1. The van der Waals surface area contributed by atoms with Crippen LogP contribution in [0.1, 0.15) is 25.8 Å². The highest BCUT2D eigenvalue weighted by Gasteiger charge is 2.00. The maximum atomic E-state index is 11.5. The summed E-state index contributed by atoms with van der Waals surface area (Å²) in [6.07, 6.45) is 1.91. The van der Waals surface area contributed by atoms with Crippen molar-refractivity contribution < 1.29 is 9.53 Å². The van der Waals surface area contributed by atoms with E-state index in [1.165, 1.54) is 5.56 Å². The summed E-state index contributed by atoms with van der Waals surface area (Å²) in [7, 11) is 0. The highest BCUT2D eigenvalue weighted by molar-refractivity contribution is 9.10. The lowest BCUT2D eigenvalue weighted by Crippen LogP contribution is -2.37. The van der Waals surface area contributed by atoms with E-state index in [9.17, 15) is 4.79 Å². The Morgan fingerprint density at radius 1 is 1.20 bits per heavy atom. The highest BCUT2D eigenvalue weighted by atomic mass is 79.9. The van der Waals surface area contributed by atoms with Crippen LogP contribution in [0.5, 0.6) is 0 Å². The maximum Gasteiger partial charge on any atom is 0.314 e. The minimum atomic E-state index is -0.119. The molecule has 0 heterocycles. The van der Waals surface area contributed by atoms with E-state index in [2.05, 4.69) is 26.6 Å². The second-order valence-corrected chi connectivity index (χ2v) is 5.75. The van der Waals surface area contributed by atoms with Gasteiger partial charge in [0, 0.05) is 24.2 Å². The molecule has 0 atom stereocenters. The van der Waals surface area contributed by atoms with Crippen molar-refractivity contribution in [3.63, 3.8) is 0 Å². The predicted molar refractivity (Wildman–Crippen MR) is 85.0 cm³/mol. The summed E-state index contributed by atoms with van der Waals surface area (Å²) in [5.41, 5.74) is 1.21. The van der Waals surface area contributed by atoms with Crippen molar-refractivity contribution in [1.82, 2.24) is 10.6 Å². The molecule has 0 spiro atoms. The number of urea groups is 1. The third-order valence-electron chi connectivity index (χ3n) is 2.67. The fraction of sp³-hybridized carbons (Fsp3) is 0.533. The molecule has 0 aromatic heterocycles. The van der Waals surface area contributed by atoms with Crippen molar-refractivity contribution in [3.05, 3.63) is 34.3 Å². The molecule has 2 amide bonds. The van der Waals surface area contributed by atoms with Crippen molar-refractivity contribution in [2.24, 2.45) is 0 Å². The zero-order chi connectivity index (χ0) is 14.8. The molecule has 0 saturated carbocycles. The van der Waals surface area contributed by atoms with E-state index in [1.54, 1.807) is 0 Å². The van der Waals surface area contributed by atoms with E-state index in [0.29, 0.717) is 19.7 Å². The second kappa shape index (κ2) is 9.77. The van der Waals surface area contributed by atoms with Gasteiger partial charge >= 0.3 is 6.03 Å². The van der Waals surface area contributed by atoms with Crippen LogP contribution < -0.4 is 10.6 Å². The van der Waals surface area contributed by atoms with Crippen LogP contribution in [0.2, 0.25) is 0 Å². The minimum absolute atomic E-state index is 0.119. The molecule has 1 aromatic rings. The van der Waals surface area contributed by atoms with Gasteiger partial charge in [0.15, 0.2) is 0 Å². The Bertz CT molecular complexity index is 393. The summed E-state index contributed by atoms with van der Waals surface area (Å²) < 4.78 is 6.46. The molecule has 0 aliphatic heterocycles. The zero-order valence-electron chi connectivity index (χ0n) is 12.1. The van der Waals surface area contributed by atoms with Crippen LogP contribution in [0.25, 0.3) is 0 Å². The Kier molecular flexibility index (Phi) is 8.30. The quantitative estimate of drug-likeness (QED) is 0.713. The predicted octanol–water partition coefficient (Wildman–Crippen LogP) is 3.11. The van der Waals surface area contributed by atoms with Crippen LogP contribution in [0.4, 0.5) is 4.79 Å². The minimum Gasteiger partial charge on any atom is -0.379 e. The molecule has 1 rings (SSSR count). The van der Waals surface area contributed by atoms with E-state index in [-0.39, 0.29) is 12.1 Å². The van der Waals surface area contributed by atoms with Gasteiger partial charge in [0.25, 0.3) is 0 Å². The lowest BCUT2D eigenvalue weighted by Gasteiger charge is -2.09. The number of rotatable bonds is 8. The van der Waals surface area contributed by atoms with E-state index < -0.39 is 0 Å².